The van der Waals surface area contributed by atoms with E-state index in [9.17, 15) is 14.0 Å². The second-order valence-corrected chi connectivity index (χ2v) is 15.3. The van der Waals surface area contributed by atoms with Crippen molar-refractivity contribution < 1.29 is 28.0 Å². The van der Waals surface area contributed by atoms with Crippen molar-refractivity contribution in [2.75, 3.05) is 5.32 Å². The summed E-state index contributed by atoms with van der Waals surface area (Å²) in [6, 6.07) is 36.0. The molecule has 1 aliphatic heterocycles. The minimum atomic E-state index is -0.603. The van der Waals surface area contributed by atoms with Crippen LogP contribution in [0.1, 0.15) is 81.4 Å². The Bertz CT molecular complexity index is 1990. The zero-order valence-corrected chi connectivity index (χ0v) is 31.9. The van der Waals surface area contributed by atoms with Gasteiger partial charge in [0.2, 0.25) is 0 Å². The summed E-state index contributed by atoms with van der Waals surface area (Å²) >= 11 is 0. The van der Waals surface area contributed by atoms with Crippen molar-refractivity contribution in [2.45, 2.75) is 96.9 Å². The number of carbonyl (C=O) groups excluding carboxylic acids is 2. The van der Waals surface area contributed by atoms with E-state index in [-0.39, 0.29) is 42.2 Å². The zero-order chi connectivity index (χ0) is 38.2. The number of nitrogens with zero attached hydrogens (tertiary/aromatic N) is 1. The summed E-state index contributed by atoms with van der Waals surface area (Å²) in [6.07, 6.45) is 2.01. The van der Waals surface area contributed by atoms with Gasteiger partial charge in [0.1, 0.15) is 11.4 Å². The Balaban J connectivity index is 1.39. The SMILES string of the molecule is CC(C)c1c(C(=O)Nc2ccccc2)c(-c2ccccc2)c(-c2ccc(F)cc2)n1CC[C@@H]1C[C@H](CC(=O)OC(C)(C)C)OB(CCc2ccccc2)O1. The van der Waals surface area contributed by atoms with E-state index in [0.29, 0.717) is 37.0 Å². The van der Waals surface area contributed by atoms with E-state index in [4.69, 9.17) is 14.0 Å². The Morgan fingerprint density at radius 1 is 0.852 bits per heavy atom. The summed E-state index contributed by atoms with van der Waals surface area (Å²) in [5, 5.41) is 3.15. The third kappa shape index (κ3) is 9.95. The standard InChI is InChI=1S/C45H50BFN2O5/c1-31(2)42-41(44(51)48-36-19-13-8-14-20-36)40(33-17-11-7-12-18-33)43(34-21-23-35(47)24-22-34)49(42)28-26-37-29-38(30-39(50)52-45(3,4)5)54-46(53-37)27-25-32-15-9-6-10-16-32/h6-24,31,37-38H,25-30H2,1-5H3,(H,48,51)/t37-,38-/m1/s1. The maximum atomic E-state index is 14.5. The number of benzene rings is 4. The van der Waals surface area contributed by atoms with E-state index < -0.39 is 12.7 Å². The number of halogens is 1. The molecule has 54 heavy (non-hydrogen) atoms. The highest BCUT2D eigenvalue weighted by Gasteiger charge is 2.37. The highest BCUT2D eigenvalue weighted by molar-refractivity contribution is 6.44. The van der Waals surface area contributed by atoms with Crippen molar-refractivity contribution in [1.29, 1.82) is 0 Å². The molecule has 1 N–H and O–H groups in total. The van der Waals surface area contributed by atoms with E-state index in [1.165, 1.54) is 17.7 Å². The van der Waals surface area contributed by atoms with Gasteiger partial charge in [-0.25, -0.2) is 4.39 Å². The number of ether oxygens (including phenoxy) is 1. The minimum Gasteiger partial charge on any atom is -0.460 e. The summed E-state index contributed by atoms with van der Waals surface area (Å²) in [4.78, 5) is 27.5. The number of rotatable bonds is 13. The summed E-state index contributed by atoms with van der Waals surface area (Å²) in [5.41, 5.74) is 6.04. The van der Waals surface area contributed by atoms with Crippen molar-refractivity contribution in [3.05, 3.63) is 138 Å². The molecule has 1 amide bonds. The quantitative estimate of drug-likeness (QED) is 0.0965. The minimum absolute atomic E-state index is 0.0488. The van der Waals surface area contributed by atoms with E-state index >= 15 is 0 Å². The van der Waals surface area contributed by atoms with Crippen molar-refractivity contribution in [2.24, 2.45) is 0 Å². The Morgan fingerprint density at radius 2 is 1.46 bits per heavy atom. The van der Waals surface area contributed by atoms with Crippen LogP contribution in [0.2, 0.25) is 6.32 Å². The second-order valence-electron chi connectivity index (χ2n) is 15.3. The molecular formula is C45H50BFN2O5. The first-order valence-corrected chi connectivity index (χ1v) is 19.0. The molecule has 1 saturated heterocycles. The van der Waals surface area contributed by atoms with Gasteiger partial charge in [0.25, 0.3) is 5.91 Å². The molecule has 2 atom stereocenters. The van der Waals surface area contributed by atoms with Crippen LogP contribution in [0.25, 0.3) is 22.4 Å². The topological polar surface area (TPSA) is 78.8 Å². The van der Waals surface area contributed by atoms with Gasteiger partial charge in [-0.05, 0) is 105 Å². The van der Waals surface area contributed by atoms with Gasteiger partial charge in [-0.3, -0.25) is 9.59 Å². The lowest BCUT2D eigenvalue weighted by Crippen LogP contribution is -2.43. The fraction of sp³-hybridized carbons (Fsp3) is 0.333. The van der Waals surface area contributed by atoms with Crippen molar-refractivity contribution in [3.8, 4) is 22.4 Å². The van der Waals surface area contributed by atoms with Gasteiger partial charge in [0.05, 0.1) is 23.8 Å². The number of hydrogen-bond acceptors (Lipinski definition) is 5. The molecule has 2 heterocycles. The maximum absolute atomic E-state index is 14.5. The molecule has 6 rings (SSSR count). The lowest BCUT2D eigenvalue weighted by molar-refractivity contribution is -0.157. The highest BCUT2D eigenvalue weighted by Crippen LogP contribution is 2.43. The fourth-order valence-corrected chi connectivity index (χ4v) is 7.30. The van der Waals surface area contributed by atoms with Crippen LogP contribution in [0.4, 0.5) is 10.1 Å². The molecule has 4 aromatic carbocycles. The summed E-state index contributed by atoms with van der Waals surface area (Å²) in [6.45, 7) is 10.3. The van der Waals surface area contributed by atoms with Gasteiger partial charge in [0, 0.05) is 29.6 Å². The normalized spacial score (nSPS) is 16.0. The zero-order valence-electron chi connectivity index (χ0n) is 31.9. The number of aromatic nitrogens is 1. The Kier molecular flexibility index (Phi) is 12.5. The molecule has 1 aliphatic rings. The lowest BCUT2D eigenvalue weighted by Gasteiger charge is -2.35. The van der Waals surface area contributed by atoms with E-state index in [1.807, 2.05) is 99.6 Å². The first kappa shape index (κ1) is 38.7. The molecule has 280 valence electrons. The molecule has 1 aromatic heterocycles. The maximum Gasteiger partial charge on any atom is 0.457 e. The highest BCUT2D eigenvalue weighted by atomic mass is 19.1. The molecule has 5 aromatic rings. The molecule has 0 spiro atoms. The van der Waals surface area contributed by atoms with Crippen LogP contribution in [0.3, 0.4) is 0 Å². The average Bonchev–Trinajstić information content (AvgIpc) is 3.49. The molecule has 1 fully saturated rings. The number of esters is 1. The van der Waals surface area contributed by atoms with E-state index in [1.54, 1.807) is 12.1 Å². The van der Waals surface area contributed by atoms with Crippen LogP contribution in [-0.2, 0) is 31.8 Å². The van der Waals surface area contributed by atoms with E-state index in [2.05, 4.69) is 35.9 Å². The number of aryl methyl sites for hydroxylation is 1. The van der Waals surface area contributed by atoms with Gasteiger partial charge >= 0.3 is 13.1 Å². The summed E-state index contributed by atoms with van der Waals surface area (Å²) < 4.78 is 35.3. The van der Waals surface area contributed by atoms with Crippen molar-refractivity contribution >= 4 is 24.7 Å². The van der Waals surface area contributed by atoms with Gasteiger partial charge in [0.15, 0.2) is 0 Å². The van der Waals surface area contributed by atoms with E-state index in [0.717, 1.165) is 34.5 Å². The molecule has 0 unspecified atom stereocenters. The number of nitrogens with one attached hydrogen (secondary N) is 1. The molecule has 0 bridgehead atoms. The smallest absolute Gasteiger partial charge is 0.457 e. The number of carbonyl (C=O) groups is 2. The predicted molar refractivity (Wildman–Crippen MR) is 214 cm³/mol. The Labute approximate surface area is 319 Å². The first-order valence-electron chi connectivity index (χ1n) is 19.0. The van der Waals surface area contributed by atoms with Gasteiger partial charge in [-0.2, -0.15) is 0 Å². The van der Waals surface area contributed by atoms with Crippen molar-refractivity contribution in [3.63, 3.8) is 0 Å². The third-order valence-electron chi connectivity index (χ3n) is 9.50. The Hall–Kier alpha value is -4.99. The molecule has 7 nitrogen and oxygen atoms in total. The fourth-order valence-electron chi connectivity index (χ4n) is 7.30. The lowest BCUT2D eigenvalue weighted by atomic mass is 9.78. The first-order chi connectivity index (χ1) is 25.9. The molecule has 0 aliphatic carbocycles. The summed E-state index contributed by atoms with van der Waals surface area (Å²) in [5.74, 6) is -0.904. The number of amides is 1. The molecule has 0 saturated carbocycles. The molecule has 9 heteroatoms. The molecular weight excluding hydrogens is 678 g/mol. The van der Waals surface area contributed by atoms with Gasteiger partial charge in [-0.15, -0.1) is 0 Å². The number of para-hydroxylation sites is 1. The van der Waals surface area contributed by atoms with Crippen LogP contribution < -0.4 is 5.32 Å². The number of hydrogen-bond donors (Lipinski definition) is 1. The predicted octanol–water partition coefficient (Wildman–Crippen LogP) is 10.4. The van der Waals surface area contributed by atoms with Crippen LogP contribution >= 0.6 is 0 Å². The van der Waals surface area contributed by atoms with Crippen LogP contribution in [-0.4, -0.2) is 41.4 Å². The van der Waals surface area contributed by atoms with Crippen molar-refractivity contribution in [1.82, 2.24) is 4.57 Å². The largest absolute Gasteiger partial charge is 0.460 e. The Morgan fingerprint density at radius 3 is 2.09 bits per heavy atom. The third-order valence-corrected chi connectivity index (χ3v) is 9.50. The summed E-state index contributed by atoms with van der Waals surface area (Å²) in [7, 11) is -0.505. The monoisotopic (exact) mass is 728 g/mol. The number of anilines is 1. The molecule has 0 radical (unpaired) electrons. The second kappa shape index (κ2) is 17.4. The van der Waals surface area contributed by atoms with Crippen LogP contribution in [0.5, 0.6) is 0 Å². The van der Waals surface area contributed by atoms with Gasteiger partial charge in [-0.1, -0.05) is 92.7 Å². The van der Waals surface area contributed by atoms with Crippen LogP contribution in [0, 0.1) is 5.82 Å². The average molecular weight is 729 g/mol. The van der Waals surface area contributed by atoms with Gasteiger partial charge < -0.3 is 23.9 Å². The van der Waals surface area contributed by atoms with Crippen LogP contribution in [0.15, 0.2) is 115 Å².